The van der Waals surface area contributed by atoms with Crippen LogP contribution in [0.1, 0.15) is 52.4 Å². The van der Waals surface area contributed by atoms with Crippen LogP contribution in [0.2, 0.25) is 0 Å². The minimum atomic E-state index is 0.0301. The third-order valence-corrected chi connectivity index (χ3v) is 4.40. The van der Waals surface area contributed by atoms with Gasteiger partial charge in [0.25, 0.3) is 0 Å². The average Bonchev–Trinajstić information content (AvgIpc) is 2.61. The number of anilines is 1. The normalized spacial score (nSPS) is 14.1. The van der Waals surface area contributed by atoms with Gasteiger partial charge in [-0.15, -0.1) is 0 Å². The standard InChI is InChI=1S/C21H32N2O2/c1-17(2)12-14-25-20-10-6-9-19(15-20)23-16-21(24)22-13-11-18-7-4-3-5-8-18/h6-7,9-10,15,17,23H,3-5,8,11-14,16H2,1-2H3,(H,22,24). The third-order valence-electron chi connectivity index (χ3n) is 4.40. The molecular formula is C21H32N2O2. The number of carbonyl (C=O) groups is 1. The molecule has 1 aliphatic rings. The SMILES string of the molecule is CC(C)CCOc1cccc(NCC(=O)NCCC2=CCCCC2)c1. The van der Waals surface area contributed by atoms with Crippen LogP contribution in [-0.4, -0.2) is 25.6 Å². The van der Waals surface area contributed by atoms with Crippen molar-refractivity contribution in [3.63, 3.8) is 0 Å². The number of nitrogens with one attached hydrogen (secondary N) is 2. The zero-order valence-electron chi connectivity index (χ0n) is 15.6. The first-order valence-electron chi connectivity index (χ1n) is 9.55. The van der Waals surface area contributed by atoms with Gasteiger partial charge in [0.05, 0.1) is 13.2 Å². The lowest BCUT2D eigenvalue weighted by Gasteiger charge is -2.13. The number of ether oxygens (including phenoxy) is 1. The maximum absolute atomic E-state index is 12.0. The van der Waals surface area contributed by atoms with Gasteiger partial charge in [-0.2, -0.15) is 0 Å². The molecule has 138 valence electrons. The van der Waals surface area contributed by atoms with Crippen LogP contribution in [0.5, 0.6) is 5.75 Å². The first-order chi connectivity index (χ1) is 12.1. The fraction of sp³-hybridized carbons (Fsp3) is 0.571. The van der Waals surface area contributed by atoms with Crippen LogP contribution in [0.4, 0.5) is 5.69 Å². The van der Waals surface area contributed by atoms with Gasteiger partial charge in [0, 0.05) is 18.3 Å². The zero-order valence-corrected chi connectivity index (χ0v) is 15.6. The Morgan fingerprint density at radius 3 is 2.92 bits per heavy atom. The Morgan fingerprint density at radius 1 is 1.28 bits per heavy atom. The third kappa shape index (κ3) is 8.10. The van der Waals surface area contributed by atoms with Crippen molar-refractivity contribution in [1.29, 1.82) is 0 Å². The minimum absolute atomic E-state index is 0.0301. The van der Waals surface area contributed by atoms with Gasteiger partial charge in [0.1, 0.15) is 5.75 Å². The molecule has 0 bridgehead atoms. The van der Waals surface area contributed by atoms with Crippen molar-refractivity contribution in [2.24, 2.45) is 5.92 Å². The molecule has 1 aromatic carbocycles. The van der Waals surface area contributed by atoms with Gasteiger partial charge < -0.3 is 15.4 Å². The number of hydrogen-bond donors (Lipinski definition) is 2. The molecule has 0 saturated carbocycles. The molecule has 0 radical (unpaired) electrons. The number of carbonyl (C=O) groups excluding carboxylic acids is 1. The van der Waals surface area contributed by atoms with Crippen LogP contribution >= 0.6 is 0 Å². The first-order valence-corrected chi connectivity index (χ1v) is 9.55. The van der Waals surface area contributed by atoms with E-state index in [1.54, 1.807) is 0 Å². The minimum Gasteiger partial charge on any atom is -0.494 e. The molecule has 2 N–H and O–H groups in total. The van der Waals surface area contributed by atoms with Gasteiger partial charge in [-0.3, -0.25) is 4.79 Å². The predicted octanol–water partition coefficient (Wildman–Crippen LogP) is 4.53. The van der Waals surface area contributed by atoms with Crippen molar-refractivity contribution in [3.8, 4) is 5.75 Å². The number of allylic oxidation sites excluding steroid dienone is 1. The molecule has 0 aromatic heterocycles. The lowest BCUT2D eigenvalue weighted by molar-refractivity contribution is -0.119. The molecule has 0 saturated heterocycles. The van der Waals surface area contributed by atoms with Crippen molar-refractivity contribution in [2.45, 2.75) is 52.4 Å². The summed E-state index contributed by atoms with van der Waals surface area (Å²) < 4.78 is 5.75. The summed E-state index contributed by atoms with van der Waals surface area (Å²) in [5.41, 5.74) is 2.40. The van der Waals surface area contributed by atoms with Gasteiger partial charge in [-0.05, 0) is 56.6 Å². The summed E-state index contributed by atoms with van der Waals surface area (Å²) in [6, 6.07) is 7.79. The largest absolute Gasteiger partial charge is 0.494 e. The van der Waals surface area contributed by atoms with Crippen LogP contribution in [-0.2, 0) is 4.79 Å². The van der Waals surface area contributed by atoms with Gasteiger partial charge in [-0.25, -0.2) is 0 Å². The van der Waals surface area contributed by atoms with Crippen molar-refractivity contribution in [3.05, 3.63) is 35.9 Å². The van der Waals surface area contributed by atoms with Crippen LogP contribution in [0.25, 0.3) is 0 Å². The molecule has 4 nitrogen and oxygen atoms in total. The van der Waals surface area contributed by atoms with Crippen molar-refractivity contribution in [2.75, 3.05) is 25.0 Å². The first kappa shape index (κ1) is 19.4. The Balaban J connectivity index is 1.65. The molecule has 25 heavy (non-hydrogen) atoms. The second-order valence-electron chi connectivity index (χ2n) is 7.12. The predicted molar refractivity (Wildman–Crippen MR) is 104 cm³/mol. The van der Waals surface area contributed by atoms with E-state index < -0.39 is 0 Å². The van der Waals surface area contributed by atoms with Gasteiger partial charge in [-0.1, -0.05) is 31.6 Å². The van der Waals surface area contributed by atoms with E-state index in [-0.39, 0.29) is 12.5 Å². The number of rotatable bonds is 10. The van der Waals surface area contributed by atoms with E-state index >= 15 is 0 Å². The summed E-state index contributed by atoms with van der Waals surface area (Å²) in [6.45, 7) is 6.10. The summed E-state index contributed by atoms with van der Waals surface area (Å²) >= 11 is 0. The molecule has 0 heterocycles. The summed E-state index contributed by atoms with van der Waals surface area (Å²) in [7, 11) is 0. The lowest BCUT2D eigenvalue weighted by Crippen LogP contribution is -2.30. The highest BCUT2D eigenvalue weighted by atomic mass is 16.5. The molecule has 0 unspecified atom stereocenters. The highest BCUT2D eigenvalue weighted by Crippen LogP contribution is 2.19. The van der Waals surface area contributed by atoms with Crippen molar-refractivity contribution >= 4 is 11.6 Å². The highest BCUT2D eigenvalue weighted by Gasteiger charge is 2.05. The molecule has 1 aliphatic carbocycles. The van der Waals surface area contributed by atoms with Crippen molar-refractivity contribution < 1.29 is 9.53 Å². The Bertz CT molecular complexity index is 567. The molecule has 0 aliphatic heterocycles. The van der Waals surface area contributed by atoms with E-state index in [0.29, 0.717) is 5.92 Å². The van der Waals surface area contributed by atoms with Gasteiger partial charge in [0.15, 0.2) is 0 Å². The summed E-state index contributed by atoms with van der Waals surface area (Å²) in [5.74, 6) is 1.51. The number of benzene rings is 1. The maximum Gasteiger partial charge on any atom is 0.239 e. The van der Waals surface area contributed by atoms with E-state index in [4.69, 9.17) is 4.74 Å². The van der Waals surface area contributed by atoms with Crippen LogP contribution in [0, 0.1) is 5.92 Å². The Hall–Kier alpha value is -1.97. The molecule has 1 amide bonds. The van der Waals surface area contributed by atoms with Gasteiger partial charge >= 0.3 is 0 Å². The van der Waals surface area contributed by atoms with E-state index in [9.17, 15) is 4.79 Å². The van der Waals surface area contributed by atoms with Crippen LogP contribution < -0.4 is 15.4 Å². The Morgan fingerprint density at radius 2 is 2.16 bits per heavy atom. The maximum atomic E-state index is 12.0. The van der Waals surface area contributed by atoms with E-state index in [2.05, 4.69) is 30.6 Å². The molecule has 0 fully saturated rings. The van der Waals surface area contributed by atoms with Crippen LogP contribution in [0.15, 0.2) is 35.9 Å². The number of amides is 1. The molecule has 2 rings (SSSR count). The molecular weight excluding hydrogens is 312 g/mol. The van der Waals surface area contributed by atoms with Crippen LogP contribution in [0.3, 0.4) is 0 Å². The van der Waals surface area contributed by atoms with Crippen molar-refractivity contribution in [1.82, 2.24) is 5.32 Å². The quantitative estimate of drug-likeness (QED) is 0.613. The summed E-state index contributed by atoms with van der Waals surface area (Å²) in [6.07, 6.45) is 9.33. The van der Waals surface area contributed by atoms with Gasteiger partial charge in [0.2, 0.25) is 5.91 Å². The molecule has 0 atom stereocenters. The highest BCUT2D eigenvalue weighted by molar-refractivity contribution is 5.80. The zero-order chi connectivity index (χ0) is 17.9. The molecule has 1 aromatic rings. The fourth-order valence-corrected chi connectivity index (χ4v) is 2.85. The Labute approximate surface area is 152 Å². The fourth-order valence-electron chi connectivity index (χ4n) is 2.85. The summed E-state index contributed by atoms with van der Waals surface area (Å²) in [5, 5.41) is 6.15. The second-order valence-corrected chi connectivity index (χ2v) is 7.12. The number of hydrogen-bond acceptors (Lipinski definition) is 3. The Kier molecular flexibility index (Phi) is 8.36. The van der Waals surface area contributed by atoms with E-state index in [1.807, 2.05) is 24.3 Å². The molecule has 0 spiro atoms. The average molecular weight is 344 g/mol. The topological polar surface area (TPSA) is 50.4 Å². The molecule has 4 heteroatoms. The lowest BCUT2D eigenvalue weighted by atomic mass is 9.97. The summed E-state index contributed by atoms with van der Waals surface area (Å²) in [4.78, 5) is 12.0. The monoisotopic (exact) mass is 344 g/mol. The second kappa shape index (κ2) is 10.8. The smallest absolute Gasteiger partial charge is 0.239 e. The van der Waals surface area contributed by atoms with E-state index in [0.717, 1.165) is 37.4 Å². The van der Waals surface area contributed by atoms with E-state index in [1.165, 1.54) is 31.3 Å².